The molecule has 0 aliphatic carbocycles. The fourth-order valence-electron chi connectivity index (χ4n) is 1.94. The van der Waals surface area contributed by atoms with Gasteiger partial charge in [0.25, 0.3) is 5.91 Å². The minimum atomic E-state index is -3.62. The number of hydrogen-bond acceptors (Lipinski definition) is 6. The van der Waals surface area contributed by atoms with E-state index in [2.05, 4.69) is 5.32 Å². The number of nitrogens with one attached hydrogen (secondary N) is 1. The van der Waals surface area contributed by atoms with Crippen LogP contribution in [0.5, 0.6) is 0 Å². The Kier molecular flexibility index (Phi) is 5.93. The summed E-state index contributed by atoms with van der Waals surface area (Å²) in [5.41, 5.74) is 1.26. The average molecular weight is 382 g/mol. The molecular formula is C16H18N2O5S2. The van der Waals surface area contributed by atoms with Gasteiger partial charge in [0.15, 0.2) is 6.61 Å². The van der Waals surface area contributed by atoms with Crippen LogP contribution in [0.4, 0.5) is 5.69 Å². The molecule has 0 saturated carbocycles. The topological polar surface area (TPSA) is 92.8 Å². The molecule has 0 unspecified atom stereocenters. The van der Waals surface area contributed by atoms with Crippen LogP contribution in [0.1, 0.15) is 15.9 Å². The zero-order valence-corrected chi connectivity index (χ0v) is 15.6. The van der Waals surface area contributed by atoms with Crippen molar-refractivity contribution in [2.75, 3.05) is 26.0 Å². The molecule has 0 radical (unpaired) electrons. The van der Waals surface area contributed by atoms with Crippen LogP contribution in [0, 0.1) is 6.92 Å². The molecule has 7 nitrogen and oxygen atoms in total. The van der Waals surface area contributed by atoms with E-state index in [0.717, 1.165) is 4.31 Å². The number of esters is 1. The van der Waals surface area contributed by atoms with Gasteiger partial charge in [-0.1, -0.05) is 6.07 Å². The van der Waals surface area contributed by atoms with E-state index in [1.54, 1.807) is 35.9 Å². The molecule has 25 heavy (non-hydrogen) atoms. The summed E-state index contributed by atoms with van der Waals surface area (Å²) in [7, 11) is -0.754. The lowest BCUT2D eigenvalue weighted by Crippen LogP contribution is -2.24. The maximum atomic E-state index is 12.3. The zero-order chi connectivity index (χ0) is 18.6. The first-order chi connectivity index (χ1) is 11.7. The van der Waals surface area contributed by atoms with Gasteiger partial charge < -0.3 is 10.1 Å². The lowest BCUT2D eigenvalue weighted by molar-refractivity contribution is -0.119. The van der Waals surface area contributed by atoms with Crippen LogP contribution >= 0.6 is 11.3 Å². The summed E-state index contributed by atoms with van der Waals surface area (Å²) < 4.78 is 30.6. The standard InChI is InChI=1S/C16H18N2O5S2/c1-11-4-5-13(8-14(11)25(21,22)18(2)3)17-15(19)9-23-16(20)12-6-7-24-10-12/h4-8,10H,9H2,1-3H3,(H,17,19). The average Bonchev–Trinajstić information content (AvgIpc) is 3.08. The number of nitrogens with zero attached hydrogens (tertiary/aromatic N) is 1. The molecule has 2 aromatic rings. The molecule has 0 bridgehead atoms. The molecule has 0 spiro atoms. The first-order valence-electron chi connectivity index (χ1n) is 7.24. The lowest BCUT2D eigenvalue weighted by atomic mass is 10.2. The molecule has 1 N–H and O–H groups in total. The molecule has 0 fully saturated rings. The van der Waals surface area contributed by atoms with Crippen LogP contribution in [0.3, 0.4) is 0 Å². The van der Waals surface area contributed by atoms with Gasteiger partial charge in [0, 0.05) is 25.2 Å². The highest BCUT2D eigenvalue weighted by Crippen LogP contribution is 2.22. The fourth-order valence-corrected chi connectivity index (χ4v) is 3.71. The van der Waals surface area contributed by atoms with Gasteiger partial charge >= 0.3 is 5.97 Å². The number of benzene rings is 1. The molecule has 134 valence electrons. The SMILES string of the molecule is Cc1ccc(NC(=O)COC(=O)c2ccsc2)cc1S(=O)(=O)N(C)C. The number of thiophene rings is 1. The second kappa shape index (κ2) is 7.77. The number of anilines is 1. The number of carbonyl (C=O) groups is 2. The van der Waals surface area contributed by atoms with E-state index in [1.807, 2.05) is 0 Å². The molecule has 1 aromatic carbocycles. The monoisotopic (exact) mass is 382 g/mol. The molecule has 1 aromatic heterocycles. The van der Waals surface area contributed by atoms with Crippen molar-refractivity contribution in [3.63, 3.8) is 0 Å². The number of carbonyl (C=O) groups excluding carboxylic acids is 2. The van der Waals surface area contributed by atoms with Crippen LogP contribution in [0.15, 0.2) is 39.9 Å². The van der Waals surface area contributed by atoms with Crippen LogP contribution < -0.4 is 5.32 Å². The highest BCUT2D eigenvalue weighted by atomic mass is 32.2. The van der Waals surface area contributed by atoms with Gasteiger partial charge in [-0.2, -0.15) is 11.3 Å². The molecule has 0 aliphatic heterocycles. The maximum Gasteiger partial charge on any atom is 0.339 e. The van der Waals surface area contributed by atoms with Gasteiger partial charge in [-0.15, -0.1) is 0 Å². The van der Waals surface area contributed by atoms with Crippen molar-refractivity contribution in [1.82, 2.24) is 4.31 Å². The minimum Gasteiger partial charge on any atom is -0.452 e. The van der Waals surface area contributed by atoms with Crippen molar-refractivity contribution in [1.29, 1.82) is 0 Å². The van der Waals surface area contributed by atoms with Crippen molar-refractivity contribution in [3.05, 3.63) is 46.2 Å². The van der Waals surface area contributed by atoms with E-state index in [-0.39, 0.29) is 4.90 Å². The summed E-state index contributed by atoms with van der Waals surface area (Å²) in [5.74, 6) is -1.14. The molecular weight excluding hydrogens is 364 g/mol. The molecule has 9 heteroatoms. The van der Waals surface area contributed by atoms with Gasteiger partial charge in [0.2, 0.25) is 10.0 Å². The van der Waals surface area contributed by atoms with Gasteiger partial charge in [0.05, 0.1) is 10.5 Å². The quantitative estimate of drug-likeness (QED) is 0.773. The van der Waals surface area contributed by atoms with Gasteiger partial charge in [-0.3, -0.25) is 4.79 Å². The van der Waals surface area contributed by atoms with Crippen molar-refractivity contribution in [2.45, 2.75) is 11.8 Å². The van der Waals surface area contributed by atoms with Crippen molar-refractivity contribution in [3.8, 4) is 0 Å². The first kappa shape index (κ1) is 19.1. The van der Waals surface area contributed by atoms with E-state index in [9.17, 15) is 18.0 Å². The van der Waals surface area contributed by atoms with Gasteiger partial charge in [0.1, 0.15) is 0 Å². The van der Waals surface area contributed by atoms with Crippen molar-refractivity contribution in [2.24, 2.45) is 0 Å². The predicted octanol–water partition coefficient (Wildman–Crippen LogP) is 2.10. The number of ether oxygens (including phenoxy) is 1. The molecule has 1 amide bonds. The molecule has 0 aliphatic rings. The Bertz CT molecular complexity index is 874. The number of sulfonamides is 1. The number of amides is 1. The van der Waals surface area contributed by atoms with Crippen LogP contribution in [0.2, 0.25) is 0 Å². The highest BCUT2D eigenvalue weighted by molar-refractivity contribution is 7.89. The Hall–Kier alpha value is -2.23. The summed E-state index contributed by atoms with van der Waals surface area (Å²) in [6.45, 7) is 1.21. The molecule has 0 atom stereocenters. The van der Waals surface area contributed by atoms with Gasteiger partial charge in [-0.05, 0) is 36.1 Å². The summed E-state index contributed by atoms with van der Waals surface area (Å²) in [6.07, 6.45) is 0. The van der Waals surface area contributed by atoms with Crippen molar-refractivity contribution >= 4 is 38.9 Å². The summed E-state index contributed by atoms with van der Waals surface area (Å²) in [5, 5.41) is 5.88. The largest absolute Gasteiger partial charge is 0.452 e. The third-order valence-electron chi connectivity index (χ3n) is 3.32. The van der Waals surface area contributed by atoms with Crippen LogP contribution in [0.25, 0.3) is 0 Å². The van der Waals surface area contributed by atoms with E-state index < -0.39 is 28.5 Å². The van der Waals surface area contributed by atoms with E-state index in [1.165, 1.54) is 31.5 Å². The Labute approximate surface area is 150 Å². The third kappa shape index (κ3) is 4.65. The van der Waals surface area contributed by atoms with Crippen LogP contribution in [-0.4, -0.2) is 45.3 Å². The number of hydrogen-bond donors (Lipinski definition) is 1. The van der Waals surface area contributed by atoms with Gasteiger partial charge in [-0.25, -0.2) is 17.5 Å². The molecule has 1 heterocycles. The lowest BCUT2D eigenvalue weighted by Gasteiger charge is -2.15. The van der Waals surface area contributed by atoms with Crippen LogP contribution in [-0.2, 0) is 19.6 Å². The highest BCUT2D eigenvalue weighted by Gasteiger charge is 2.20. The minimum absolute atomic E-state index is 0.102. The smallest absolute Gasteiger partial charge is 0.339 e. The van der Waals surface area contributed by atoms with E-state index in [4.69, 9.17) is 4.74 Å². The Morgan fingerprint density at radius 1 is 1.24 bits per heavy atom. The Balaban J connectivity index is 2.05. The number of aryl methyl sites for hydroxylation is 1. The third-order valence-corrected chi connectivity index (χ3v) is 5.96. The van der Waals surface area contributed by atoms with E-state index >= 15 is 0 Å². The normalized spacial score (nSPS) is 11.4. The molecule has 2 rings (SSSR count). The predicted molar refractivity (Wildman–Crippen MR) is 95.3 cm³/mol. The summed E-state index contributed by atoms with van der Waals surface area (Å²) in [6, 6.07) is 6.17. The Morgan fingerprint density at radius 3 is 2.56 bits per heavy atom. The second-order valence-corrected chi connectivity index (χ2v) is 8.30. The summed E-state index contributed by atoms with van der Waals surface area (Å²) in [4.78, 5) is 23.7. The van der Waals surface area contributed by atoms with Crippen molar-refractivity contribution < 1.29 is 22.7 Å². The fraction of sp³-hybridized carbons (Fsp3) is 0.250. The number of rotatable bonds is 6. The van der Waals surface area contributed by atoms with E-state index in [0.29, 0.717) is 16.8 Å². The first-order valence-corrected chi connectivity index (χ1v) is 9.62. The summed E-state index contributed by atoms with van der Waals surface area (Å²) >= 11 is 1.35. The zero-order valence-electron chi connectivity index (χ0n) is 14.0. The second-order valence-electron chi connectivity index (χ2n) is 5.40. The molecule has 0 saturated heterocycles. The Morgan fingerprint density at radius 2 is 1.96 bits per heavy atom. The maximum absolute atomic E-state index is 12.3.